The highest BCUT2D eigenvalue weighted by molar-refractivity contribution is 6.39. The van der Waals surface area contributed by atoms with Crippen LogP contribution < -0.4 is 4.90 Å². The summed E-state index contributed by atoms with van der Waals surface area (Å²) < 4.78 is 12.0. The van der Waals surface area contributed by atoms with E-state index in [1.54, 1.807) is 18.2 Å². The highest BCUT2D eigenvalue weighted by Crippen LogP contribution is 2.46. The molecule has 0 amide bonds. The molecule has 1 aliphatic heterocycles. The van der Waals surface area contributed by atoms with E-state index in [-0.39, 0.29) is 6.10 Å². The number of anilines is 1. The summed E-state index contributed by atoms with van der Waals surface area (Å²) in [6.07, 6.45) is 4.08. The second-order valence-electron chi connectivity index (χ2n) is 7.99. The van der Waals surface area contributed by atoms with Crippen LogP contribution in [-0.2, 0) is 11.3 Å². The SMILES string of the molecule is N#Cc1cc(N2CCC(OCc3c(-c4c(Cl)cccc4Cl)noc3C3CC3)CC2)n[nH]1. The second-order valence-corrected chi connectivity index (χ2v) is 8.81. The van der Waals surface area contributed by atoms with Gasteiger partial charge in [-0.1, -0.05) is 34.4 Å². The molecule has 1 saturated heterocycles. The molecule has 9 heteroatoms. The lowest BCUT2D eigenvalue weighted by Crippen LogP contribution is -2.37. The van der Waals surface area contributed by atoms with Crippen LogP contribution in [0.3, 0.4) is 0 Å². The molecule has 5 rings (SSSR count). The molecule has 1 saturated carbocycles. The summed E-state index contributed by atoms with van der Waals surface area (Å²) in [5, 5.41) is 21.3. The van der Waals surface area contributed by atoms with Gasteiger partial charge in [0.2, 0.25) is 0 Å². The van der Waals surface area contributed by atoms with Crippen LogP contribution in [0.25, 0.3) is 11.3 Å². The molecule has 1 aliphatic carbocycles. The zero-order valence-corrected chi connectivity index (χ0v) is 18.3. The molecule has 2 aliphatic rings. The number of piperidine rings is 1. The lowest BCUT2D eigenvalue weighted by molar-refractivity contribution is 0.0245. The minimum atomic E-state index is 0.127. The molecule has 160 valence electrons. The summed E-state index contributed by atoms with van der Waals surface area (Å²) in [5.74, 6) is 2.10. The fraction of sp³-hybridized carbons (Fsp3) is 0.409. The first-order chi connectivity index (χ1) is 15.1. The zero-order chi connectivity index (χ0) is 21.4. The number of halogens is 2. The Kier molecular flexibility index (Phi) is 5.61. The van der Waals surface area contributed by atoms with Crippen molar-refractivity contribution in [1.29, 1.82) is 5.26 Å². The summed E-state index contributed by atoms with van der Waals surface area (Å²) in [7, 11) is 0. The van der Waals surface area contributed by atoms with E-state index in [1.807, 2.05) is 6.07 Å². The lowest BCUT2D eigenvalue weighted by Gasteiger charge is -2.31. The Morgan fingerprint density at radius 3 is 2.58 bits per heavy atom. The van der Waals surface area contributed by atoms with Gasteiger partial charge in [-0.3, -0.25) is 5.10 Å². The Morgan fingerprint density at radius 1 is 1.19 bits per heavy atom. The van der Waals surface area contributed by atoms with Crippen LogP contribution in [0.4, 0.5) is 5.82 Å². The molecule has 2 fully saturated rings. The minimum Gasteiger partial charge on any atom is -0.373 e. The van der Waals surface area contributed by atoms with Crippen molar-refractivity contribution in [3.8, 4) is 17.3 Å². The Balaban J connectivity index is 1.29. The molecular formula is C22H21Cl2N5O2. The van der Waals surface area contributed by atoms with Gasteiger partial charge < -0.3 is 14.2 Å². The number of nitriles is 1. The third-order valence-electron chi connectivity index (χ3n) is 5.88. The summed E-state index contributed by atoms with van der Waals surface area (Å²) in [6.45, 7) is 2.06. The van der Waals surface area contributed by atoms with Gasteiger partial charge in [-0.05, 0) is 37.8 Å². The number of ether oxygens (including phenoxy) is 1. The quantitative estimate of drug-likeness (QED) is 0.539. The van der Waals surface area contributed by atoms with Crippen molar-refractivity contribution >= 4 is 29.0 Å². The summed E-state index contributed by atoms with van der Waals surface area (Å²) >= 11 is 12.9. The standard InChI is InChI=1S/C22H21Cl2N5O2/c23-17-2-1-3-18(24)20(17)21-16(22(31-28-21)13-4-5-13)12-30-15-6-8-29(9-7-15)19-10-14(11-25)26-27-19/h1-3,10,13,15H,4-9,12H2,(H,26,27). The maximum Gasteiger partial charge on any atom is 0.151 e. The Bertz CT molecular complexity index is 1100. The van der Waals surface area contributed by atoms with E-state index in [0.29, 0.717) is 39.5 Å². The van der Waals surface area contributed by atoms with Crippen molar-refractivity contribution in [2.75, 3.05) is 18.0 Å². The van der Waals surface area contributed by atoms with Crippen LogP contribution in [0, 0.1) is 11.3 Å². The molecule has 3 heterocycles. The monoisotopic (exact) mass is 457 g/mol. The molecule has 0 unspecified atom stereocenters. The highest BCUT2D eigenvalue weighted by Gasteiger charge is 2.34. The van der Waals surface area contributed by atoms with Gasteiger partial charge in [0.1, 0.15) is 23.2 Å². The third kappa shape index (κ3) is 4.16. The van der Waals surface area contributed by atoms with Gasteiger partial charge >= 0.3 is 0 Å². The molecule has 1 N–H and O–H groups in total. The lowest BCUT2D eigenvalue weighted by atomic mass is 10.0. The van der Waals surface area contributed by atoms with Crippen LogP contribution in [-0.4, -0.2) is 34.5 Å². The largest absolute Gasteiger partial charge is 0.373 e. The first-order valence-corrected chi connectivity index (χ1v) is 11.1. The second kappa shape index (κ2) is 8.54. The predicted octanol–water partition coefficient (Wildman–Crippen LogP) is 5.31. The van der Waals surface area contributed by atoms with E-state index in [2.05, 4.69) is 26.3 Å². The van der Waals surface area contributed by atoms with Crippen LogP contribution in [0.1, 0.15) is 48.6 Å². The smallest absolute Gasteiger partial charge is 0.151 e. The van der Waals surface area contributed by atoms with Crippen molar-refractivity contribution in [3.05, 3.63) is 51.3 Å². The number of aromatic amines is 1. The van der Waals surface area contributed by atoms with Crippen molar-refractivity contribution in [2.24, 2.45) is 0 Å². The molecule has 0 bridgehead atoms. The number of aromatic nitrogens is 3. The molecule has 7 nitrogen and oxygen atoms in total. The molecule has 31 heavy (non-hydrogen) atoms. The van der Waals surface area contributed by atoms with Gasteiger partial charge in [0.15, 0.2) is 5.82 Å². The van der Waals surface area contributed by atoms with Crippen molar-refractivity contribution < 1.29 is 9.26 Å². The Labute approximate surface area is 189 Å². The predicted molar refractivity (Wildman–Crippen MR) is 117 cm³/mol. The highest BCUT2D eigenvalue weighted by atomic mass is 35.5. The van der Waals surface area contributed by atoms with Gasteiger partial charge in [-0.15, -0.1) is 0 Å². The van der Waals surface area contributed by atoms with Gasteiger partial charge in [0, 0.05) is 36.2 Å². The fourth-order valence-electron chi connectivity index (χ4n) is 4.03. The van der Waals surface area contributed by atoms with Crippen LogP contribution in [0.2, 0.25) is 10.0 Å². The van der Waals surface area contributed by atoms with Gasteiger partial charge in [-0.25, -0.2) is 0 Å². The van der Waals surface area contributed by atoms with E-state index >= 15 is 0 Å². The third-order valence-corrected chi connectivity index (χ3v) is 6.51. The van der Waals surface area contributed by atoms with E-state index in [9.17, 15) is 0 Å². The zero-order valence-electron chi connectivity index (χ0n) is 16.8. The first kappa shape index (κ1) is 20.4. The maximum atomic E-state index is 8.97. The first-order valence-electron chi connectivity index (χ1n) is 10.4. The molecule has 3 aromatic rings. The van der Waals surface area contributed by atoms with E-state index in [4.69, 9.17) is 37.7 Å². The van der Waals surface area contributed by atoms with Gasteiger partial charge in [0.05, 0.1) is 22.8 Å². The normalized spacial score (nSPS) is 17.1. The van der Waals surface area contributed by atoms with E-state index in [1.165, 1.54) is 0 Å². The van der Waals surface area contributed by atoms with Crippen LogP contribution >= 0.6 is 23.2 Å². The Hall–Kier alpha value is -2.53. The number of rotatable bonds is 6. The fourth-order valence-corrected chi connectivity index (χ4v) is 4.61. The average molecular weight is 458 g/mol. The van der Waals surface area contributed by atoms with Crippen LogP contribution in [0.5, 0.6) is 0 Å². The summed E-state index contributed by atoms with van der Waals surface area (Å²) in [5.41, 5.74) is 2.79. The number of hydrogen-bond acceptors (Lipinski definition) is 6. The van der Waals surface area contributed by atoms with Crippen LogP contribution in [0.15, 0.2) is 28.8 Å². The van der Waals surface area contributed by atoms with Crippen molar-refractivity contribution in [3.63, 3.8) is 0 Å². The van der Waals surface area contributed by atoms with Crippen molar-refractivity contribution in [2.45, 2.75) is 44.3 Å². The molecule has 0 atom stereocenters. The topological polar surface area (TPSA) is 91.0 Å². The molecule has 0 spiro atoms. The number of nitrogens with one attached hydrogen (secondary N) is 1. The Morgan fingerprint density at radius 2 is 1.94 bits per heavy atom. The molecule has 1 aromatic carbocycles. The maximum absolute atomic E-state index is 8.97. The number of benzene rings is 1. The van der Waals surface area contributed by atoms with E-state index < -0.39 is 0 Å². The number of nitrogens with zero attached hydrogens (tertiary/aromatic N) is 4. The summed E-state index contributed by atoms with van der Waals surface area (Å²) in [4.78, 5) is 2.17. The molecule has 2 aromatic heterocycles. The number of H-pyrrole nitrogens is 1. The average Bonchev–Trinajstić information content (AvgIpc) is 3.36. The van der Waals surface area contributed by atoms with Gasteiger partial charge in [-0.2, -0.15) is 10.4 Å². The summed E-state index contributed by atoms with van der Waals surface area (Å²) in [6, 6.07) is 9.28. The van der Waals surface area contributed by atoms with E-state index in [0.717, 1.165) is 55.9 Å². The molecule has 0 radical (unpaired) electrons. The molecular weight excluding hydrogens is 437 g/mol. The van der Waals surface area contributed by atoms with Crippen molar-refractivity contribution in [1.82, 2.24) is 15.4 Å². The number of hydrogen-bond donors (Lipinski definition) is 1. The minimum absolute atomic E-state index is 0.127. The van der Waals surface area contributed by atoms with Gasteiger partial charge in [0.25, 0.3) is 0 Å².